The molecule has 6 nitrogen and oxygen atoms in total. The van der Waals surface area contributed by atoms with Crippen LogP contribution < -0.4 is 5.32 Å². The number of nitrogens with zero attached hydrogens (tertiary/aromatic N) is 3. The number of hydrogen-bond acceptors (Lipinski definition) is 4. The average Bonchev–Trinajstić information content (AvgIpc) is 2.67. The molecule has 2 rings (SSSR count). The third-order valence-electron chi connectivity index (χ3n) is 2.46. The summed E-state index contributed by atoms with van der Waals surface area (Å²) in [4.78, 5) is 14.4. The molecule has 0 aliphatic rings. The molecule has 0 radical (unpaired) electrons. The highest BCUT2D eigenvalue weighted by molar-refractivity contribution is 5.66. The molecule has 0 amide bonds. The molecule has 6 heteroatoms. The van der Waals surface area contributed by atoms with Crippen molar-refractivity contribution >= 4 is 17.2 Å². The van der Waals surface area contributed by atoms with Crippen molar-refractivity contribution in [3.05, 3.63) is 34.1 Å². The molecule has 0 aliphatic carbocycles. The van der Waals surface area contributed by atoms with Crippen molar-refractivity contribution in [1.82, 2.24) is 9.38 Å². The summed E-state index contributed by atoms with van der Waals surface area (Å²) >= 11 is 0. The smallest absolute Gasteiger partial charge is 0.374 e. The first-order valence-electron chi connectivity index (χ1n) is 5.01. The SMILES string of the molecule is CCc1nc([N+](=O)[O-])c2cccc(NC)n12. The maximum Gasteiger partial charge on any atom is 0.389 e. The number of anilines is 1. The van der Waals surface area contributed by atoms with Gasteiger partial charge in [0, 0.05) is 13.5 Å². The van der Waals surface area contributed by atoms with E-state index >= 15 is 0 Å². The molecule has 0 unspecified atom stereocenters. The highest BCUT2D eigenvalue weighted by atomic mass is 16.6. The van der Waals surface area contributed by atoms with Gasteiger partial charge in [-0.25, -0.2) is 0 Å². The molecule has 16 heavy (non-hydrogen) atoms. The van der Waals surface area contributed by atoms with E-state index in [4.69, 9.17) is 0 Å². The summed E-state index contributed by atoms with van der Waals surface area (Å²) in [6, 6.07) is 5.33. The first-order valence-corrected chi connectivity index (χ1v) is 5.01. The zero-order valence-electron chi connectivity index (χ0n) is 9.10. The molecule has 0 saturated carbocycles. The first kappa shape index (κ1) is 10.4. The van der Waals surface area contributed by atoms with E-state index in [9.17, 15) is 10.1 Å². The second-order valence-corrected chi connectivity index (χ2v) is 3.34. The summed E-state index contributed by atoms with van der Waals surface area (Å²) < 4.78 is 1.78. The van der Waals surface area contributed by atoms with E-state index in [0.29, 0.717) is 17.8 Å². The van der Waals surface area contributed by atoms with Gasteiger partial charge in [0.2, 0.25) is 5.82 Å². The predicted octanol–water partition coefficient (Wildman–Crippen LogP) is 1.85. The number of nitrogens with one attached hydrogen (secondary N) is 1. The quantitative estimate of drug-likeness (QED) is 0.632. The molecule has 0 spiro atoms. The molecule has 2 aromatic heterocycles. The Kier molecular flexibility index (Phi) is 2.47. The molecule has 0 atom stereocenters. The average molecular weight is 220 g/mol. The monoisotopic (exact) mass is 220 g/mol. The van der Waals surface area contributed by atoms with Crippen LogP contribution in [0.25, 0.3) is 5.52 Å². The Morgan fingerprint density at radius 3 is 2.88 bits per heavy atom. The van der Waals surface area contributed by atoms with E-state index in [1.165, 1.54) is 0 Å². The minimum atomic E-state index is -0.450. The van der Waals surface area contributed by atoms with Crippen LogP contribution >= 0.6 is 0 Å². The topological polar surface area (TPSA) is 72.5 Å². The van der Waals surface area contributed by atoms with E-state index in [-0.39, 0.29) is 5.82 Å². The largest absolute Gasteiger partial charge is 0.389 e. The third-order valence-corrected chi connectivity index (χ3v) is 2.46. The van der Waals surface area contributed by atoms with Crippen molar-refractivity contribution in [3.63, 3.8) is 0 Å². The molecular formula is C10H12N4O2. The van der Waals surface area contributed by atoms with E-state index in [1.807, 2.05) is 13.0 Å². The maximum absolute atomic E-state index is 10.9. The van der Waals surface area contributed by atoms with Crippen LogP contribution in [0.3, 0.4) is 0 Å². The molecule has 84 valence electrons. The van der Waals surface area contributed by atoms with Crippen LogP contribution in [0, 0.1) is 10.1 Å². The molecule has 0 bridgehead atoms. The third kappa shape index (κ3) is 1.39. The van der Waals surface area contributed by atoms with Crippen molar-refractivity contribution in [2.24, 2.45) is 0 Å². The zero-order chi connectivity index (χ0) is 11.7. The van der Waals surface area contributed by atoms with E-state index in [0.717, 1.165) is 5.82 Å². The van der Waals surface area contributed by atoms with Gasteiger partial charge in [-0.15, -0.1) is 0 Å². The Bertz CT molecular complexity index is 547. The molecule has 2 heterocycles. The Balaban J connectivity index is 2.84. The van der Waals surface area contributed by atoms with Crippen molar-refractivity contribution in [3.8, 4) is 0 Å². The number of rotatable bonds is 3. The molecule has 0 fully saturated rings. The number of aromatic nitrogens is 2. The molecule has 0 saturated heterocycles. The lowest BCUT2D eigenvalue weighted by Gasteiger charge is -2.04. The fraction of sp³-hybridized carbons (Fsp3) is 0.300. The molecule has 0 aromatic carbocycles. The van der Waals surface area contributed by atoms with Gasteiger partial charge in [-0.1, -0.05) is 13.0 Å². The van der Waals surface area contributed by atoms with E-state index < -0.39 is 4.92 Å². The minimum absolute atomic E-state index is 0.0889. The van der Waals surface area contributed by atoms with Crippen LogP contribution in [0.2, 0.25) is 0 Å². The molecule has 0 aliphatic heterocycles. The van der Waals surface area contributed by atoms with Crippen LogP contribution in [0.15, 0.2) is 18.2 Å². The van der Waals surface area contributed by atoms with Crippen molar-refractivity contribution in [2.75, 3.05) is 12.4 Å². The van der Waals surface area contributed by atoms with Crippen molar-refractivity contribution in [1.29, 1.82) is 0 Å². The van der Waals surface area contributed by atoms with Gasteiger partial charge in [-0.2, -0.15) is 0 Å². The summed E-state index contributed by atoms with van der Waals surface area (Å²) in [7, 11) is 1.78. The number of fused-ring (bicyclic) bond motifs is 1. The summed E-state index contributed by atoms with van der Waals surface area (Å²) in [6.07, 6.45) is 0.647. The van der Waals surface area contributed by atoms with E-state index in [2.05, 4.69) is 10.3 Å². The van der Waals surface area contributed by atoms with Gasteiger partial charge < -0.3 is 15.4 Å². The van der Waals surface area contributed by atoms with Gasteiger partial charge in [-0.3, -0.25) is 4.40 Å². The van der Waals surface area contributed by atoms with Crippen LogP contribution in [-0.4, -0.2) is 21.4 Å². The highest BCUT2D eigenvalue weighted by Gasteiger charge is 2.22. The second kappa shape index (κ2) is 3.80. The van der Waals surface area contributed by atoms with E-state index in [1.54, 1.807) is 23.6 Å². The minimum Gasteiger partial charge on any atom is -0.374 e. The van der Waals surface area contributed by atoms with Crippen LogP contribution in [0.5, 0.6) is 0 Å². The standard InChI is InChI=1S/C10H12N4O2/c1-3-8-12-10(14(15)16)7-5-4-6-9(11-2)13(7)8/h4-6,11H,3H2,1-2H3. The van der Waals surface area contributed by atoms with Crippen molar-refractivity contribution in [2.45, 2.75) is 13.3 Å². The van der Waals surface area contributed by atoms with Gasteiger partial charge in [0.15, 0.2) is 0 Å². The fourth-order valence-electron chi connectivity index (χ4n) is 1.76. The maximum atomic E-state index is 10.9. The van der Waals surface area contributed by atoms with Gasteiger partial charge in [-0.05, 0) is 22.0 Å². The number of pyridine rings is 1. The summed E-state index contributed by atoms with van der Waals surface area (Å²) in [5.41, 5.74) is 0.522. The van der Waals surface area contributed by atoms with Crippen LogP contribution in [0.1, 0.15) is 12.7 Å². The Hall–Kier alpha value is -2.11. The second-order valence-electron chi connectivity index (χ2n) is 3.34. The Morgan fingerprint density at radius 2 is 2.31 bits per heavy atom. The Morgan fingerprint density at radius 1 is 1.56 bits per heavy atom. The summed E-state index contributed by atoms with van der Waals surface area (Å²) in [5.74, 6) is 1.40. The van der Waals surface area contributed by atoms with Gasteiger partial charge in [0.05, 0.1) is 0 Å². The predicted molar refractivity (Wildman–Crippen MR) is 60.8 cm³/mol. The lowest BCUT2D eigenvalue weighted by Crippen LogP contribution is -2.00. The lowest BCUT2D eigenvalue weighted by atomic mass is 10.3. The van der Waals surface area contributed by atoms with Crippen LogP contribution in [-0.2, 0) is 6.42 Å². The normalized spacial score (nSPS) is 10.6. The van der Waals surface area contributed by atoms with Gasteiger partial charge in [0.25, 0.3) is 0 Å². The van der Waals surface area contributed by atoms with Crippen molar-refractivity contribution < 1.29 is 4.92 Å². The highest BCUT2D eigenvalue weighted by Crippen LogP contribution is 2.24. The molecule has 1 N–H and O–H groups in total. The summed E-state index contributed by atoms with van der Waals surface area (Å²) in [5, 5.41) is 13.9. The Labute approximate surface area is 92.1 Å². The number of aryl methyl sites for hydroxylation is 1. The number of nitro groups is 1. The van der Waals surface area contributed by atoms with Gasteiger partial charge in [0.1, 0.15) is 11.3 Å². The number of imidazole rings is 1. The fourth-order valence-corrected chi connectivity index (χ4v) is 1.76. The first-order chi connectivity index (χ1) is 7.69. The van der Waals surface area contributed by atoms with Crippen LogP contribution in [0.4, 0.5) is 11.6 Å². The summed E-state index contributed by atoms with van der Waals surface area (Å²) in [6.45, 7) is 1.92. The van der Waals surface area contributed by atoms with Gasteiger partial charge >= 0.3 is 5.82 Å². The molecular weight excluding hydrogens is 208 g/mol. The lowest BCUT2D eigenvalue weighted by molar-refractivity contribution is -0.387. The zero-order valence-corrected chi connectivity index (χ0v) is 9.10. The molecule has 2 aromatic rings. The number of hydrogen-bond donors (Lipinski definition) is 1.